The van der Waals surface area contributed by atoms with Crippen LogP contribution < -0.4 is 0 Å². The Labute approximate surface area is 115 Å². The summed E-state index contributed by atoms with van der Waals surface area (Å²) in [6.45, 7) is 3.30. The maximum Gasteiger partial charge on any atom is 0.0602 e. The Hall–Kier alpha value is -1.74. The number of hydrogen-bond acceptors (Lipinski definition) is 3. The van der Waals surface area contributed by atoms with Gasteiger partial charge in [-0.1, -0.05) is 30.3 Å². The summed E-state index contributed by atoms with van der Waals surface area (Å²) < 4.78 is 0. The molecule has 2 rings (SSSR count). The van der Waals surface area contributed by atoms with E-state index < -0.39 is 0 Å². The first-order valence-corrected chi connectivity index (χ1v) is 6.75. The highest BCUT2D eigenvalue weighted by atomic mass is 15.1. The summed E-state index contributed by atoms with van der Waals surface area (Å²) in [6, 6.07) is 11.1. The summed E-state index contributed by atoms with van der Waals surface area (Å²) in [5, 5.41) is 0. The van der Waals surface area contributed by atoms with Crippen LogP contribution in [-0.4, -0.2) is 34.5 Å². The van der Waals surface area contributed by atoms with Crippen LogP contribution >= 0.6 is 0 Å². The van der Waals surface area contributed by atoms with Crippen LogP contribution in [0.25, 0.3) is 0 Å². The van der Waals surface area contributed by atoms with Crippen molar-refractivity contribution in [3.63, 3.8) is 0 Å². The molecule has 0 saturated heterocycles. The minimum Gasteiger partial charge on any atom is -0.303 e. The molecule has 1 aromatic carbocycles. The molecule has 0 bridgehead atoms. The summed E-state index contributed by atoms with van der Waals surface area (Å²) in [5.41, 5.74) is 2.45. The van der Waals surface area contributed by atoms with E-state index in [1.54, 1.807) is 12.4 Å². The first kappa shape index (κ1) is 13.7. The van der Waals surface area contributed by atoms with E-state index in [9.17, 15) is 0 Å². The second-order valence-electron chi connectivity index (χ2n) is 4.97. The van der Waals surface area contributed by atoms with Crippen LogP contribution in [0.5, 0.6) is 0 Å². The lowest BCUT2D eigenvalue weighted by Gasteiger charge is -2.24. The van der Waals surface area contributed by atoms with Crippen LogP contribution in [0.3, 0.4) is 0 Å². The molecule has 3 nitrogen and oxygen atoms in total. The standard InChI is InChI=1S/C16H21N3/c1-14(12-16-13-17-9-10-18-16)19(2)11-8-15-6-4-3-5-7-15/h3-7,9-10,13-14H,8,11-12H2,1-2H3/t14-/m0/s1. The second kappa shape index (κ2) is 7.00. The third kappa shape index (κ3) is 4.45. The van der Waals surface area contributed by atoms with Gasteiger partial charge < -0.3 is 4.90 Å². The van der Waals surface area contributed by atoms with Gasteiger partial charge in [0.15, 0.2) is 0 Å². The van der Waals surface area contributed by atoms with E-state index in [0.29, 0.717) is 6.04 Å². The SMILES string of the molecule is C[C@@H](Cc1cnccn1)N(C)CCc1ccccc1. The Morgan fingerprint density at radius 3 is 2.63 bits per heavy atom. The Balaban J connectivity index is 1.81. The van der Waals surface area contributed by atoms with Crippen molar-refractivity contribution in [2.45, 2.75) is 25.8 Å². The fourth-order valence-electron chi connectivity index (χ4n) is 2.06. The highest BCUT2D eigenvalue weighted by Gasteiger charge is 2.10. The van der Waals surface area contributed by atoms with Crippen molar-refractivity contribution < 1.29 is 0 Å². The fraction of sp³-hybridized carbons (Fsp3) is 0.375. The molecule has 0 fully saturated rings. The van der Waals surface area contributed by atoms with Gasteiger partial charge in [0.25, 0.3) is 0 Å². The molecule has 100 valence electrons. The molecular weight excluding hydrogens is 234 g/mol. The van der Waals surface area contributed by atoms with Crippen molar-refractivity contribution >= 4 is 0 Å². The number of rotatable bonds is 6. The van der Waals surface area contributed by atoms with Gasteiger partial charge in [-0.15, -0.1) is 0 Å². The highest BCUT2D eigenvalue weighted by Crippen LogP contribution is 2.06. The number of aromatic nitrogens is 2. The zero-order chi connectivity index (χ0) is 13.5. The van der Waals surface area contributed by atoms with E-state index in [2.05, 4.69) is 59.2 Å². The lowest BCUT2D eigenvalue weighted by Crippen LogP contribution is -2.32. The van der Waals surface area contributed by atoms with Crippen LogP contribution in [0.15, 0.2) is 48.9 Å². The molecule has 1 atom stereocenters. The van der Waals surface area contributed by atoms with Crippen LogP contribution in [0.4, 0.5) is 0 Å². The molecule has 0 spiro atoms. The van der Waals surface area contributed by atoms with Crippen molar-refractivity contribution in [2.24, 2.45) is 0 Å². The molecule has 0 amide bonds. The van der Waals surface area contributed by atoms with Gasteiger partial charge in [0.1, 0.15) is 0 Å². The first-order valence-electron chi connectivity index (χ1n) is 6.75. The predicted octanol–water partition coefficient (Wildman–Crippen LogP) is 2.58. The van der Waals surface area contributed by atoms with Gasteiger partial charge in [0, 0.05) is 37.6 Å². The highest BCUT2D eigenvalue weighted by molar-refractivity contribution is 5.14. The Kier molecular flexibility index (Phi) is 5.04. The molecule has 0 N–H and O–H groups in total. The molecule has 3 heteroatoms. The number of hydrogen-bond donors (Lipinski definition) is 0. The summed E-state index contributed by atoms with van der Waals surface area (Å²) in [4.78, 5) is 10.8. The number of nitrogens with zero attached hydrogens (tertiary/aromatic N) is 3. The van der Waals surface area contributed by atoms with Crippen molar-refractivity contribution in [1.29, 1.82) is 0 Å². The summed E-state index contributed by atoms with van der Waals surface area (Å²) in [7, 11) is 2.17. The molecule has 0 radical (unpaired) electrons. The summed E-state index contributed by atoms with van der Waals surface area (Å²) >= 11 is 0. The molecular formula is C16H21N3. The van der Waals surface area contributed by atoms with Gasteiger partial charge in [-0.05, 0) is 26.0 Å². The largest absolute Gasteiger partial charge is 0.303 e. The second-order valence-corrected chi connectivity index (χ2v) is 4.97. The fourth-order valence-corrected chi connectivity index (χ4v) is 2.06. The molecule has 0 aliphatic carbocycles. The lowest BCUT2D eigenvalue weighted by atomic mass is 10.1. The number of benzene rings is 1. The molecule has 0 saturated carbocycles. The zero-order valence-electron chi connectivity index (χ0n) is 11.7. The van der Waals surface area contributed by atoms with Gasteiger partial charge in [0.2, 0.25) is 0 Å². The third-order valence-corrected chi connectivity index (χ3v) is 3.47. The van der Waals surface area contributed by atoms with Gasteiger partial charge >= 0.3 is 0 Å². The van der Waals surface area contributed by atoms with Crippen LogP contribution in [0.1, 0.15) is 18.2 Å². The van der Waals surface area contributed by atoms with Gasteiger partial charge in [-0.2, -0.15) is 0 Å². The molecule has 1 heterocycles. The number of likely N-dealkylation sites (N-methyl/N-ethyl adjacent to an activating group) is 1. The Bertz CT molecular complexity index is 470. The van der Waals surface area contributed by atoms with Crippen LogP contribution in [-0.2, 0) is 12.8 Å². The van der Waals surface area contributed by atoms with Crippen molar-refractivity contribution in [2.75, 3.05) is 13.6 Å². The predicted molar refractivity (Wildman–Crippen MR) is 78.0 cm³/mol. The molecule has 0 aliphatic heterocycles. The maximum absolute atomic E-state index is 4.33. The van der Waals surface area contributed by atoms with E-state index in [4.69, 9.17) is 0 Å². The van der Waals surface area contributed by atoms with E-state index in [0.717, 1.165) is 25.1 Å². The normalized spacial score (nSPS) is 12.6. The summed E-state index contributed by atoms with van der Waals surface area (Å²) in [6.07, 6.45) is 7.35. The quantitative estimate of drug-likeness (QED) is 0.794. The van der Waals surface area contributed by atoms with E-state index in [-0.39, 0.29) is 0 Å². The molecule has 19 heavy (non-hydrogen) atoms. The lowest BCUT2D eigenvalue weighted by molar-refractivity contribution is 0.258. The average Bonchev–Trinajstić information content (AvgIpc) is 2.47. The van der Waals surface area contributed by atoms with Crippen molar-refractivity contribution in [3.05, 3.63) is 60.2 Å². The van der Waals surface area contributed by atoms with E-state index in [1.165, 1.54) is 5.56 Å². The first-order chi connectivity index (χ1) is 9.25. The minimum absolute atomic E-state index is 0.473. The van der Waals surface area contributed by atoms with E-state index in [1.807, 2.05) is 6.20 Å². The third-order valence-electron chi connectivity index (χ3n) is 3.47. The Morgan fingerprint density at radius 2 is 1.95 bits per heavy atom. The van der Waals surface area contributed by atoms with Crippen molar-refractivity contribution in [3.8, 4) is 0 Å². The monoisotopic (exact) mass is 255 g/mol. The van der Waals surface area contributed by atoms with Gasteiger partial charge in [-0.25, -0.2) is 0 Å². The molecule has 0 aliphatic rings. The molecule has 2 aromatic rings. The minimum atomic E-state index is 0.473. The summed E-state index contributed by atoms with van der Waals surface area (Å²) in [5.74, 6) is 0. The van der Waals surface area contributed by atoms with Crippen LogP contribution in [0.2, 0.25) is 0 Å². The smallest absolute Gasteiger partial charge is 0.0602 e. The average molecular weight is 255 g/mol. The van der Waals surface area contributed by atoms with Gasteiger partial charge in [-0.3, -0.25) is 9.97 Å². The Morgan fingerprint density at radius 1 is 1.16 bits per heavy atom. The van der Waals surface area contributed by atoms with Crippen LogP contribution in [0, 0.1) is 0 Å². The topological polar surface area (TPSA) is 29.0 Å². The van der Waals surface area contributed by atoms with E-state index >= 15 is 0 Å². The van der Waals surface area contributed by atoms with Gasteiger partial charge in [0.05, 0.1) is 5.69 Å². The zero-order valence-corrected chi connectivity index (χ0v) is 11.7. The molecule has 1 aromatic heterocycles. The maximum atomic E-state index is 4.33. The van der Waals surface area contributed by atoms with Crippen molar-refractivity contribution in [1.82, 2.24) is 14.9 Å². The molecule has 0 unspecified atom stereocenters.